The minimum Gasteiger partial charge on any atom is -0.485 e. The summed E-state index contributed by atoms with van der Waals surface area (Å²) in [5.41, 5.74) is 2.90. The topological polar surface area (TPSA) is 39.7 Å². The second-order valence-corrected chi connectivity index (χ2v) is 8.90. The van der Waals surface area contributed by atoms with E-state index in [2.05, 4.69) is 76.3 Å². The molecule has 0 aromatic heterocycles. The third-order valence-corrected chi connectivity index (χ3v) is 5.45. The molecular formula is C26H37NO3. The van der Waals surface area contributed by atoms with Gasteiger partial charge in [0.25, 0.3) is 0 Å². The van der Waals surface area contributed by atoms with Gasteiger partial charge in [0.05, 0.1) is 6.10 Å². The normalized spacial score (nSPS) is 19.9. The summed E-state index contributed by atoms with van der Waals surface area (Å²) < 4.78 is 19.2. The van der Waals surface area contributed by atoms with Crippen molar-refractivity contribution >= 4 is 5.69 Å². The highest BCUT2D eigenvalue weighted by Crippen LogP contribution is 2.44. The Labute approximate surface area is 181 Å². The molecule has 0 bridgehead atoms. The highest BCUT2D eigenvalue weighted by atomic mass is 16.6. The number of nitrogens with one attached hydrogen (secondary N) is 1. The molecule has 0 aliphatic carbocycles. The van der Waals surface area contributed by atoms with Crippen LogP contribution >= 0.6 is 0 Å². The smallest absolute Gasteiger partial charge is 0.132 e. The van der Waals surface area contributed by atoms with E-state index in [9.17, 15) is 0 Å². The van der Waals surface area contributed by atoms with E-state index >= 15 is 0 Å². The summed E-state index contributed by atoms with van der Waals surface area (Å²) in [6.45, 7) is 12.1. The minimum absolute atomic E-state index is 0.0967. The summed E-state index contributed by atoms with van der Waals surface area (Å²) in [6, 6.07) is 16.7. The molecule has 1 N–H and O–H groups in total. The molecule has 0 saturated heterocycles. The molecular weight excluding hydrogens is 374 g/mol. The van der Waals surface area contributed by atoms with Gasteiger partial charge in [-0.2, -0.15) is 0 Å². The second-order valence-electron chi connectivity index (χ2n) is 8.90. The molecule has 2 unspecified atom stereocenters. The fourth-order valence-electron chi connectivity index (χ4n) is 3.93. The number of fused-ring (bicyclic) bond motifs is 1. The minimum atomic E-state index is -0.461. The average Bonchev–Trinajstić information content (AvgIpc) is 2.71. The van der Waals surface area contributed by atoms with Gasteiger partial charge in [-0.3, -0.25) is 0 Å². The van der Waals surface area contributed by atoms with Crippen LogP contribution in [0.25, 0.3) is 0 Å². The lowest BCUT2D eigenvalue weighted by molar-refractivity contribution is -0.173. The molecule has 1 heterocycles. The predicted molar refractivity (Wildman–Crippen MR) is 123 cm³/mol. The van der Waals surface area contributed by atoms with E-state index in [1.807, 2.05) is 12.1 Å². The molecule has 0 amide bonds. The van der Waals surface area contributed by atoms with Crippen LogP contribution in [0.3, 0.4) is 0 Å². The van der Waals surface area contributed by atoms with Crippen molar-refractivity contribution in [2.75, 3.05) is 11.9 Å². The first-order valence-corrected chi connectivity index (χ1v) is 11.3. The summed E-state index contributed by atoms with van der Waals surface area (Å²) in [4.78, 5) is 0. The molecule has 4 heteroatoms. The molecule has 2 aromatic carbocycles. The summed E-state index contributed by atoms with van der Waals surface area (Å²) in [5, 5.41) is 3.53. The van der Waals surface area contributed by atoms with Gasteiger partial charge in [0, 0.05) is 24.4 Å². The van der Waals surface area contributed by atoms with Gasteiger partial charge in [0.15, 0.2) is 0 Å². The van der Waals surface area contributed by atoms with Crippen molar-refractivity contribution in [3.63, 3.8) is 0 Å². The zero-order valence-corrected chi connectivity index (χ0v) is 19.1. The SMILES string of the molecule is CCCCCOC1C(OC(C)C)c2cc(NCc3ccccc3)ccc2OC1(C)C. The van der Waals surface area contributed by atoms with Gasteiger partial charge in [0.1, 0.15) is 23.6 Å². The fraction of sp³-hybridized carbons (Fsp3) is 0.538. The van der Waals surface area contributed by atoms with Crippen LogP contribution in [-0.2, 0) is 16.0 Å². The van der Waals surface area contributed by atoms with Crippen molar-refractivity contribution in [3.05, 3.63) is 59.7 Å². The lowest BCUT2D eigenvalue weighted by atomic mass is 9.87. The third-order valence-electron chi connectivity index (χ3n) is 5.45. The maximum Gasteiger partial charge on any atom is 0.132 e. The van der Waals surface area contributed by atoms with Gasteiger partial charge < -0.3 is 19.5 Å². The van der Waals surface area contributed by atoms with Crippen LogP contribution < -0.4 is 10.1 Å². The van der Waals surface area contributed by atoms with Crippen LogP contribution in [0.4, 0.5) is 5.69 Å². The summed E-state index contributed by atoms with van der Waals surface area (Å²) >= 11 is 0. The summed E-state index contributed by atoms with van der Waals surface area (Å²) in [7, 11) is 0. The van der Waals surface area contributed by atoms with E-state index in [0.29, 0.717) is 0 Å². The molecule has 1 aliphatic heterocycles. The lowest BCUT2D eigenvalue weighted by Crippen LogP contribution is -2.51. The highest BCUT2D eigenvalue weighted by molar-refractivity contribution is 5.53. The quantitative estimate of drug-likeness (QED) is 0.452. The van der Waals surface area contributed by atoms with Gasteiger partial charge >= 0.3 is 0 Å². The van der Waals surface area contributed by atoms with Gasteiger partial charge in [-0.05, 0) is 57.9 Å². The number of benzene rings is 2. The van der Waals surface area contributed by atoms with Gasteiger partial charge in [-0.1, -0.05) is 50.1 Å². The molecule has 3 rings (SSSR count). The zero-order chi connectivity index (χ0) is 21.6. The van der Waals surface area contributed by atoms with Crippen LogP contribution in [0.15, 0.2) is 48.5 Å². The molecule has 2 atom stereocenters. The number of anilines is 1. The van der Waals surface area contributed by atoms with Crippen LogP contribution in [-0.4, -0.2) is 24.4 Å². The first-order chi connectivity index (χ1) is 14.4. The predicted octanol–water partition coefficient (Wildman–Crippen LogP) is 6.51. The van der Waals surface area contributed by atoms with E-state index in [0.717, 1.165) is 36.6 Å². The maximum absolute atomic E-state index is 6.41. The van der Waals surface area contributed by atoms with Crippen LogP contribution in [0.1, 0.15) is 71.1 Å². The van der Waals surface area contributed by atoms with E-state index in [4.69, 9.17) is 14.2 Å². The summed E-state index contributed by atoms with van der Waals surface area (Å²) in [5.74, 6) is 0.879. The van der Waals surface area contributed by atoms with Crippen molar-refractivity contribution in [2.24, 2.45) is 0 Å². The second kappa shape index (κ2) is 10.3. The van der Waals surface area contributed by atoms with E-state index < -0.39 is 5.60 Å². The Morgan fingerprint density at radius 2 is 1.83 bits per heavy atom. The largest absolute Gasteiger partial charge is 0.485 e. The molecule has 0 fully saturated rings. The third kappa shape index (κ3) is 5.77. The average molecular weight is 412 g/mol. The van der Waals surface area contributed by atoms with Crippen molar-refractivity contribution < 1.29 is 14.2 Å². The molecule has 0 radical (unpaired) electrons. The summed E-state index contributed by atoms with van der Waals surface area (Å²) in [6.07, 6.45) is 3.19. The Morgan fingerprint density at radius 1 is 1.07 bits per heavy atom. The number of hydrogen-bond acceptors (Lipinski definition) is 4. The fourth-order valence-corrected chi connectivity index (χ4v) is 3.93. The number of ether oxygens (including phenoxy) is 3. The van der Waals surface area contributed by atoms with E-state index in [1.54, 1.807) is 0 Å². The first kappa shape index (κ1) is 22.6. The van der Waals surface area contributed by atoms with Gasteiger partial charge in [-0.15, -0.1) is 0 Å². The number of rotatable bonds is 10. The lowest BCUT2D eigenvalue weighted by Gasteiger charge is -2.45. The Bertz CT molecular complexity index is 788. The van der Waals surface area contributed by atoms with Crippen LogP contribution in [0.5, 0.6) is 5.75 Å². The molecule has 1 aliphatic rings. The Morgan fingerprint density at radius 3 is 2.53 bits per heavy atom. The molecule has 0 spiro atoms. The molecule has 4 nitrogen and oxygen atoms in total. The van der Waals surface area contributed by atoms with E-state index in [1.165, 1.54) is 18.4 Å². The molecule has 164 valence electrons. The van der Waals surface area contributed by atoms with Gasteiger partial charge in [0.2, 0.25) is 0 Å². The first-order valence-electron chi connectivity index (χ1n) is 11.3. The highest BCUT2D eigenvalue weighted by Gasteiger charge is 2.46. The number of unbranched alkanes of at least 4 members (excludes halogenated alkanes) is 2. The van der Waals surface area contributed by atoms with Crippen molar-refractivity contribution in [1.29, 1.82) is 0 Å². The van der Waals surface area contributed by atoms with Gasteiger partial charge in [-0.25, -0.2) is 0 Å². The number of hydrogen-bond donors (Lipinski definition) is 1. The molecule has 2 aromatic rings. The Hall–Kier alpha value is -2.04. The van der Waals surface area contributed by atoms with Crippen LogP contribution in [0.2, 0.25) is 0 Å². The maximum atomic E-state index is 6.41. The van der Waals surface area contributed by atoms with E-state index in [-0.39, 0.29) is 18.3 Å². The molecule has 0 saturated carbocycles. The molecule has 30 heavy (non-hydrogen) atoms. The Balaban J connectivity index is 1.82. The Kier molecular flexibility index (Phi) is 7.79. The standard InChI is InChI=1S/C26H37NO3/c1-6-7-11-16-28-25-24(29-19(2)3)22-17-21(14-15-23(22)30-26(25,4)5)27-18-20-12-9-8-10-13-20/h8-10,12-15,17,19,24-25,27H,6-7,11,16,18H2,1-5H3. The zero-order valence-electron chi connectivity index (χ0n) is 19.1. The van der Waals surface area contributed by atoms with Crippen molar-refractivity contribution in [3.8, 4) is 5.75 Å². The van der Waals surface area contributed by atoms with Crippen LogP contribution in [0, 0.1) is 0 Å². The monoisotopic (exact) mass is 411 g/mol. The van der Waals surface area contributed by atoms with Crippen molar-refractivity contribution in [1.82, 2.24) is 0 Å². The van der Waals surface area contributed by atoms with Crippen molar-refractivity contribution in [2.45, 2.75) is 84.3 Å².